The lowest BCUT2D eigenvalue weighted by Crippen LogP contribution is -2.23. The van der Waals surface area contributed by atoms with Crippen molar-refractivity contribution in [1.29, 1.82) is 0 Å². The zero-order valence-corrected chi connectivity index (χ0v) is 13.9. The van der Waals surface area contributed by atoms with Crippen molar-refractivity contribution in [3.05, 3.63) is 59.7 Å². The third-order valence-corrected chi connectivity index (χ3v) is 3.47. The molecule has 0 fully saturated rings. The third kappa shape index (κ3) is 4.40. The van der Waals surface area contributed by atoms with E-state index in [4.69, 9.17) is 5.73 Å². The zero-order valence-electron chi connectivity index (χ0n) is 13.1. The lowest BCUT2D eigenvalue weighted by atomic mass is 9.86. The molecule has 0 amide bonds. The quantitative estimate of drug-likeness (QED) is 0.515. The molecule has 0 spiro atoms. The summed E-state index contributed by atoms with van der Waals surface area (Å²) in [6.07, 6.45) is 1.69. The van der Waals surface area contributed by atoms with Gasteiger partial charge in [-0.3, -0.25) is 5.43 Å². The Morgan fingerprint density at radius 3 is 1.95 bits per heavy atom. The van der Waals surface area contributed by atoms with Gasteiger partial charge in [-0.05, 0) is 39.9 Å². The van der Waals surface area contributed by atoms with E-state index in [1.165, 1.54) is 16.7 Å². The van der Waals surface area contributed by atoms with E-state index in [9.17, 15) is 0 Å². The summed E-state index contributed by atoms with van der Waals surface area (Å²) in [4.78, 5) is 0. The molecule has 0 aromatic heterocycles. The van der Waals surface area contributed by atoms with Gasteiger partial charge in [-0.2, -0.15) is 5.10 Å². The van der Waals surface area contributed by atoms with E-state index < -0.39 is 0 Å². The maximum atomic E-state index is 5.31. The first-order valence-corrected chi connectivity index (χ1v) is 7.56. The van der Waals surface area contributed by atoms with Crippen LogP contribution in [0.15, 0.2) is 53.6 Å². The predicted molar refractivity (Wildman–Crippen MR) is 98.1 cm³/mol. The lowest BCUT2D eigenvalue weighted by Gasteiger charge is -2.19. The van der Waals surface area contributed by atoms with Crippen LogP contribution in [-0.2, 0) is 5.41 Å². The SMILES string of the molecule is CC(C)(C)c1ccc(-c2ccc(C=NNC(N)=S)cc2)cc1. The molecule has 0 atom stereocenters. The van der Waals surface area contributed by atoms with Gasteiger partial charge in [0.1, 0.15) is 0 Å². The minimum atomic E-state index is 0.159. The first-order valence-electron chi connectivity index (χ1n) is 7.16. The van der Waals surface area contributed by atoms with E-state index in [0.29, 0.717) is 0 Å². The van der Waals surface area contributed by atoms with E-state index in [1.54, 1.807) is 6.21 Å². The summed E-state index contributed by atoms with van der Waals surface area (Å²) in [5, 5.41) is 4.10. The molecule has 0 heterocycles. The Kier molecular flexibility index (Phi) is 4.93. The Hall–Kier alpha value is -2.20. The summed E-state index contributed by atoms with van der Waals surface area (Å²) >= 11 is 4.69. The van der Waals surface area contributed by atoms with Crippen LogP contribution in [0.5, 0.6) is 0 Å². The Labute approximate surface area is 137 Å². The van der Waals surface area contributed by atoms with Crippen LogP contribution in [0.4, 0.5) is 0 Å². The van der Waals surface area contributed by atoms with E-state index in [-0.39, 0.29) is 10.5 Å². The molecule has 0 radical (unpaired) electrons. The van der Waals surface area contributed by atoms with Gasteiger partial charge < -0.3 is 5.73 Å². The monoisotopic (exact) mass is 311 g/mol. The van der Waals surface area contributed by atoms with Crippen molar-refractivity contribution >= 4 is 23.5 Å². The molecule has 22 heavy (non-hydrogen) atoms. The highest BCUT2D eigenvalue weighted by Crippen LogP contribution is 2.26. The second kappa shape index (κ2) is 6.71. The van der Waals surface area contributed by atoms with Gasteiger partial charge in [0.25, 0.3) is 0 Å². The summed E-state index contributed by atoms with van der Waals surface area (Å²) in [5.74, 6) is 0. The second-order valence-corrected chi connectivity index (χ2v) is 6.62. The number of hydrogen-bond acceptors (Lipinski definition) is 2. The summed E-state index contributed by atoms with van der Waals surface area (Å²) in [7, 11) is 0. The Morgan fingerprint density at radius 1 is 1.00 bits per heavy atom. The van der Waals surface area contributed by atoms with Gasteiger partial charge in [-0.25, -0.2) is 0 Å². The van der Waals surface area contributed by atoms with Crippen LogP contribution in [-0.4, -0.2) is 11.3 Å². The van der Waals surface area contributed by atoms with Crippen LogP contribution >= 0.6 is 12.2 Å². The van der Waals surface area contributed by atoms with Crippen molar-refractivity contribution in [2.45, 2.75) is 26.2 Å². The maximum absolute atomic E-state index is 5.31. The number of nitrogens with two attached hydrogens (primary N) is 1. The molecule has 114 valence electrons. The fourth-order valence-corrected chi connectivity index (χ4v) is 2.15. The third-order valence-electron chi connectivity index (χ3n) is 3.38. The molecular weight excluding hydrogens is 290 g/mol. The zero-order chi connectivity index (χ0) is 16.2. The van der Waals surface area contributed by atoms with Crippen LogP contribution in [0.3, 0.4) is 0 Å². The number of hydrazone groups is 1. The van der Waals surface area contributed by atoms with Crippen molar-refractivity contribution in [3.63, 3.8) is 0 Å². The summed E-state index contributed by atoms with van der Waals surface area (Å²) in [5.41, 5.74) is 12.7. The van der Waals surface area contributed by atoms with E-state index in [1.807, 2.05) is 12.1 Å². The number of nitrogens with one attached hydrogen (secondary N) is 1. The average molecular weight is 311 g/mol. The highest BCUT2D eigenvalue weighted by molar-refractivity contribution is 7.80. The van der Waals surface area contributed by atoms with Crippen molar-refractivity contribution < 1.29 is 0 Å². The number of nitrogens with zero attached hydrogens (tertiary/aromatic N) is 1. The smallest absolute Gasteiger partial charge is 0.184 e. The molecule has 0 aliphatic heterocycles. The molecule has 0 aliphatic carbocycles. The minimum Gasteiger partial charge on any atom is -0.375 e. The van der Waals surface area contributed by atoms with Gasteiger partial charge in [-0.15, -0.1) is 0 Å². The highest BCUT2D eigenvalue weighted by atomic mass is 32.1. The Bertz CT molecular complexity index is 665. The summed E-state index contributed by atoms with van der Waals surface area (Å²) < 4.78 is 0. The molecule has 4 heteroatoms. The molecule has 0 bridgehead atoms. The van der Waals surface area contributed by atoms with Gasteiger partial charge >= 0.3 is 0 Å². The standard InChI is InChI=1S/C18H21N3S/c1-18(2,3)16-10-8-15(9-11-16)14-6-4-13(5-7-14)12-20-21-17(19)22/h4-12H,1-3H3,(H3,19,21,22). The van der Waals surface area contributed by atoms with Crippen molar-refractivity contribution in [2.75, 3.05) is 0 Å². The van der Waals surface area contributed by atoms with Crippen LogP contribution in [0.2, 0.25) is 0 Å². The summed E-state index contributed by atoms with van der Waals surface area (Å²) in [6, 6.07) is 16.9. The normalized spacial score (nSPS) is 11.6. The fourth-order valence-electron chi connectivity index (χ4n) is 2.09. The molecule has 0 saturated carbocycles. The summed E-state index contributed by atoms with van der Waals surface area (Å²) in [6.45, 7) is 6.66. The van der Waals surface area contributed by atoms with Crippen molar-refractivity contribution in [3.8, 4) is 11.1 Å². The molecule has 0 unspecified atom stereocenters. The van der Waals surface area contributed by atoms with Crippen LogP contribution in [0, 0.1) is 0 Å². The topological polar surface area (TPSA) is 50.4 Å². The number of rotatable bonds is 3. The number of benzene rings is 2. The molecule has 2 rings (SSSR count). The van der Waals surface area contributed by atoms with Crippen molar-refractivity contribution in [1.82, 2.24) is 5.43 Å². The first-order chi connectivity index (χ1) is 10.4. The van der Waals surface area contributed by atoms with Crippen LogP contribution in [0.25, 0.3) is 11.1 Å². The number of hydrogen-bond donors (Lipinski definition) is 2. The Morgan fingerprint density at radius 2 is 1.50 bits per heavy atom. The molecule has 2 aromatic rings. The highest BCUT2D eigenvalue weighted by Gasteiger charge is 2.12. The Balaban J connectivity index is 2.13. The van der Waals surface area contributed by atoms with E-state index in [0.717, 1.165) is 5.56 Å². The van der Waals surface area contributed by atoms with Gasteiger partial charge in [0.15, 0.2) is 5.11 Å². The molecule has 0 saturated heterocycles. The average Bonchev–Trinajstić information content (AvgIpc) is 2.47. The molecular formula is C18H21N3S. The van der Waals surface area contributed by atoms with Crippen molar-refractivity contribution in [2.24, 2.45) is 10.8 Å². The minimum absolute atomic E-state index is 0.159. The largest absolute Gasteiger partial charge is 0.375 e. The maximum Gasteiger partial charge on any atom is 0.184 e. The lowest BCUT2D eigenvalue weighted by molar-refractivity contribution is 0.590. The van der Waals surface area contributed by atoms with E-state index >= 15 is 0 Å². The van der Waals surface area contributed by atoms with Gasteiger partial charge in [0, 0.05) is 0 Å². The van der Waals surface area contributed by atoms with Crippen LogP contribution < -0.4 is 11.2 Å². The first kappa shape index (κ1) is 16.2. The van der Waals surface area contributed by atoms with Crippen LogP contribution in [0.1, 0.15) is 31.9 Å². The molecule has 3 N–H and O–H groups in total. The van der Waals surface area contributed by atoms with Gasteiger partial charge in [0.2, 0.25) is 0 Å². The van der Waals surface area contributed by atoms with Gasteiger partial charge in [-0.1, -0.05) is 69.3 Å². The molecule has 0 aliphatic rings. The number of thiocarbonyl (C=S) groups is 1. The second-order valence-electron chi connectivity index (χ2n) is 6.18. The fraction of sp³-hybridized carbons (Fsp3) is 0.222. The van der Waals surface area contributed by atoms with Gasteiger partial charge in [0.05, 0.1) is 6.21 Å². The molecule has 3 nitrogen and oxygen atoms in total. The molecule has 2 aromatic carbocycles. The van der Waals surface area contributed by atoms with E-state index in [2.05, 4.69) is 79.9 Å². The predicted octanol–water partition coefficient (Wildman–Crippen LogP) is 3.82.